The smallest absolute Gasteiger partial charge is 0.251 e. The molecule has 0 bridgehead atoms. The van der Waals surface area contributed by atoms with Crippen LogP contribution in [-0.2, 0) is 14.4 Å². The topological polar surface area (TPSA) is 87.7 Å². The van der Waals surface area contributed by atoms with Crippen LogP contribution in [0.3, 0.4) is 0 Å². The minimum Gasteiger partial charge on any atom is -0.494 e. The molecule has 31 heavy (non-hydrogen) atoms. The van der Waals surface area contributed by atoms with Crippen molar-refractivity contribution in [3.63, 3.8) is 0 Å². The first-order chi connectivity index (χ1) is 14.9. The Morgan fingerprint density at radius 2 is 1.87 bits per heavy atom. The lowest BCUT2D eigenvalue weighted by Gasteiger charge is -2.22. The molecule has 2 aromatic rings. The zero-order chi connectivity index (χ0) is 22.4. The number of nitrogens with zero attached hydrogens (tertiary/aromatic N) is 1. The van der Waals surface area contributed by atoms with E-state index >= 15 is 0 Å². The number of benzene rings is 2. The van der Waals surface area contributed by atoms with Gasteiger partial charge in [0.05, 0.1) is 12.8 Å². The predicted octanol–water partition coefficient (Wildman–Crippen LogP) is 3.66. The van der Waals surface area contributed by atoms with E-state index in [1.165, 1.54) is 7.11 Å². The van der Waals surface area contributed by atoms with Gasteiger partial charge in [0, 0.05) is 31.1 Å². The molecule has 7 heteroatoms. The Labute approximate surface area is 182 Å². The molecule has 1 saturated heterocycles. The SMILES string of the molecule is COc1cc(NC(=O)C(NC(=O)CC(C)C)c2ccccc2)ccc1N1CCCC1=O. The number of amides is 3. The van der Waals surface area contributed by atoms with Crippen LogP contribution in [0.5, 0.6) is 5.75 Å². The summed E-state index contributed by atoms with van der Waals surface area (Å²) in [6, 6.07) is 13.5. The molecule has 2 aromatic carbocycles. The molecule has 3 rings (SSSR count). The molecule has 3 amide bonds. The van der Waals surface area contributed by atoms with Gasteiger partial charge in [-0.25, -0.2) is 0 Å². The maximum absolute atomic E-state index is 13.1. The van der Waals surface area contributed by atoms with E-state index in [0.29, 0.717) is 42.1 Å². The van der Waals surface area contributed by atoms with E-state index in [1.54, 1.807) is 23.1 Å². The molecule has 1 heterocycles. The summed E-state index contributed by atoms with van der Waals surface area (Å²) in [6.45, 7) is 4.56. The highest BCUT2D eigenvalue weighted by Crippen LogP contribution is 2.34. The number of hydrogen-bond acceptors (Lipinski definition) is 4. The minimum absolute atomic E-state index is 0.0621. The normalized spacial score (nSPS) is 14.5. The maximum Gasteiger partial charge on any atom is 0.251 e. The maximum atomic E-state index is 13.1. The lowest BCUT2D eigenvalue weighted by Crippen LogP contribution is -2.37. The van der Waals surface area contributed by atoms with Crippen molar-refractivity contribution < 1.29 is 19.1 Å². The molecule has 0 spiro atoms. The van der Waals surface area contributed by atoms with E-state index < -0.39 is 6.04 Å². The highest BCUT2D eigenvalue weighted by Gasteiger charge is 2.26. The van der Waals surface area contributed by atoms with Gasteiger partial charge in [-0.1, -0.05) is 44.2 Å². The summed E-state index contributed by atoms with van der Waals surface area (Å²) < 4.78 is 5.47. The molecule has 1 aliphatic heterocycles. The van der Waals surface area contributed by atoms with Crippen LogP contribution in [-0.4, -0.2) is 31.4 Å². The second-order valence-corrected chi connectivity index (χ2v) is 8.03. The monoisotopic (exact) mass is 423 g/mol. The molecule has 1 aliphatic rings. The molecule has 2 N–H and O–H groups in total. The van der Waals surface area contributed by atoms with Gasteiger partial charge in [0.1, 0.15) is 11.8 Å². The lowest BCUT2D eigenvalue weighted by molar-refractivity contribution is -0.127. The van der Waals surface area contributed by atoms with Crippen molar-refractivity contribution in [1.29, 1.82) is 0 Å². The zero-order valence-corrected chi connectivity index (χ0v) is 18.2. The fourth-order valence-corrected chi connectivity index (χ4v) is 3.63. The zero-order valence-electron chi connectivity index (χ0n) is 18.2. The summed E-state index contributed by atoms with van der Waals surface area (Å²) >= 11 is 0. The van der Waals surface area contributed by atoms with Gasteiger partial charge in [-0.05, 0) is 30.0 Å². The second kappa shape index (κ2) is 10.1. The van der Waals surface area contributed by atoms with Crippen LogP contribution in [0, 0.1) is 5.92 Å². The van der Waals surface area contributed by atoms with E-state index in [0.717, 1.165) is 6.42 Å². The van der Waals surface area contributed by atoms with Gasteiger partial charge in [0.2, 0.25) is 11.8 Å². The van der Waals surface area contributed by atoms with Crippen LogP contribution in [0.15, 0.2) is 48.5 Å². The van der Waals surface area contributed by atoms with Gasteiger partial charge in [-0.2, -0.15) is 0 Å². The van der Waals surface area contributed by atoms with Crippen LogP contribution < -0.4 is 20.3 Å². The molecule has 0 radical (unpaired) electrons. The minimum atomic E-state index is -0.821. The quantitative estimate of drug-likeness (QED) is 0.678. The first-order valence-electron chi connectivity index (χ1n) is 10.5. The summed E-state index contributed by atoms with van der Waals surface area (Å²) in [5.41, 5.74) is 1.91. The Kier molecular flexibility index (Phi) is 7.28. The summed E-state index contributed by atoms with van der Waals surface area (Å²) in [5, 5.41) is 5.71. The molecule has 0 aliphatic carbocycles. The summed E-state index contributed by atoms with van der Waals surface area (Å²) in [4.78, 5) is 39.3. The molecule has 1 atom stereocenters. The third-order valence-electron chi connectivity index (χ3n) is 5.11. The average Bonchev–Trinajstić information content (AvgIpc) is 3.17. The van der Waals surface area contributed by atoms with E-state index in [9.17, 15) is 14.4 Å². The van der Waals surface area contributed by atoms with E-state index in [-0.39, 0.29) is 23.6 Å². The first-order valence-corrected chi connectivity index (χ1v) is 10.5. The number of anilines is 2. The van der Waals surface area contributed by atoms with E-state index in [2.05, 4.69) is 10.6 Å². The Hall–Kier alpha value is -3.35. The molecular weight excluding hydrogens is 394 g/mol. The van der Waals surface area contributed by atoms with Crippen molar-refractivity contribution in [2.75, 3.05) is 23.9 Å². The van der Waals surface area contributed by atoms with Crippen LogP contribution in [0.4, 0.5) is 11.4 Å². The van der Waals surface area contributed by atoms with Crippen molar-refractivity contribution in [2.24, 2.45) is 5.92 Å². The van der Waals surface area contributed by atoms with Gasteiger partial charge in [-0.15, -0.1) is 0 Å². The number of hydrogen-bond donors (Lipinski definition) is 2. The van der Waals surface area contributed by atoms with Crippen molar-refractivity contribution >= 4 is 29.1 Å². The Morgan fingerprint density at radius 1 is 1.13 bits per heavy atom. The lowest BCUT2D eigenvalue weighted by atomic mass is 10.0. The highest BCUT2D eigenvalue weighted by atomic mass is 16.5. The predicted molar refractivity (Wildman–Crippen MR) is 120 cm³/mol. The van der Waals surface area contributed by atoms with Crippen molar-refractivity contribution in [3.8, 4) is 5.75 Å². The van der Waals surface area contributed by atoms with Gasteiger partial charge < -0.3 is 20.3 Å². The molecular formula is C24H29N3O4. The van der Waals surface area contributed by atoms with Crippen molar-refractivity contribution in [3.05, 3.63) is 54.1 Å². The summed E-state index contributed by atoms with van der Waals surface area (Å²) in [7, 11) is 1.53. The van der Waals surface area contributed by atoms with Crippen molar-refractivity contribution in [1.82, 2.24) is 5.32 Å². The molecule has 0 saturated carbocycles. The summed E-state index contributed by atoms with van der Waals surface area (Å²) in [5.74, 6) is 0.222. The number of carbonyl (C=O) groups excluding carboxylic acids is 3. The number of nitrogens with one attached hydrogen (secondary N) is 2. The molecule has 1 unspecified atom stereocenters. The van der Waals surface area contributed by atoms with Gasteiger partial charge in [0.15, 0.2) is 0 Å². The van der Waals surface area contributed by atoms with Gasteiger partial charge in [-0.3, -0.25) is 14.4 Å². The average molecular weight is 424 g/mol. The van der Waals surface area contributed by atoms with Gasteiger partial charge in [0.25, 0.3) is 5.91 Å². The number of rotatable bonds is 8. The largest absolute Gasteiger partial charge is 0.494 e. The first kappa shape index (κ1) is 22.3. The van der Waals surface area contributed by atoms with Crippen LogP contribution in [0.2, 0.25) is 0 Å². The molecule has 1 fully saturated rings. The Balaban J connectivity index is 1.80. The fourth-order valence-electron chi connectivity index (χ4n) is 3.63. The third kappa shape index (κ3) is 5.63. The standard InChI is InChI=1S/C24H29N3O4/c1-16(2)14-21(28)26-23(17-8-5-4-6-9-17)24(30)25-18-11-12-19(20(15-18)31-3)27-13-7-10-22(27)29/h4-6,8-9,11-12,15-16,23H,7,10,13-14H2,1-3H3,(H,25,30)(H,26,28). The Morgan fingerprint density at radius 3 is 2.48 bits per heavy atom. The second-order valence-electron chi connectivity index (χ2n) is 8.03. The number of ether oxygens (including phenoxy) is 1. The third-order valence-corrected chi connectivity index (χ3v) is 5.11. The highest BCUT2D eigenvalue weighted by molar-refractivity contribution is 6.00. The molecule has 7 nitrogen and oxygen atoms in total. The van der Waals surface area contributed by atoms with Crippen LogP contribution >= 0.6 is 0 Å². The van der Waals surface area contributed by atoms with E-state index in [4.69, 9.17) is 4.74 Å². The summed E-state index contributed by atoms with van der Waals surface area (Å²) in [6.07, 6.45) is 1.68. The van der Waals surface area contributed by atoms with Crippen LogP contribution in [0.1, 0.15) is 44.7 Å². The van der Waals surface area contributed by atoms with E-state index in [1.807, 2.05) is 44.2 Å². The fraction of sp³-hybridized carbons (Fsp3) is 0.375. The molecule has 0 aromatic heterocycles. The van der Waals surface area contributed by atoms with Crippen LogP contribution in [0.25, 0.3) is 0 Å². The number of carbonyl (C=O) groups is 3. The Bertz CT molecular complexity index is 943. The molecule has 164 valence electrons. The van der Waals surface area contributed by atoms with Crippen molar-refractivity contribution in [2.45, 2.75) is 39.2 Å². The van der Waals surface area contributed by atoms with Gasteiger partial charge >= 0.3 is 0 Å². The number of methoxy groups -OCH3 is 1.